The minimum Gasteiger partial charge on any atom is -0.338 e. The monoisotopic (exact) mass is 293 g/mol. The molecule has 0 bridgehead atoms. The summed E-state index contributed by atoms with van der Waals surface area (Å²) in [5.41, 5.74) is 2.37. The van der Waals surface area contributed by atoms with E-state index in [0.29, 0.717) is 6.42 Å². The topological polar surface area (TPSA) is 56.1 Å². The lowest BCUT2D eigenvalue weighted by molar-refractivity contribution is 0.248. The Labute approximate surface area is 130 Å². The zero-order valence-electron chi connectivity index (χ0n) is 12.5. The molecule has 0 N–H and O–H groups in total. The molecule has 0 atom stereocenters. The summed E-state index contributed by atoms with van der Waals surface area (Å²) in [6.07, 6.45) is 4.05. The van der Waals surface area contributed by atoms with Crippen molar-refractivity contribution in [3.05, 3.63) is 53.9 Å². The van der Waals surface area contributed by atoms with E-state index in [9.17, 15) is 0 Å². The summed E-state index contributed by atoms with van der Waals surface area (Å²) in [5.74, 6) is 0.818. The summed E-state index contributed by atoms with van der Waals surface area (Å²) < 4.78 is 0. The molecule has 1 saturated heterocycles. The minimum absolute atomic E-state index is 0.479. The molecule has 0 saturated carbocycles. The van der Waals surface area contributed by atoms with Crippen molar-refractivity contribution in [3.63, 3.8) is 0 Å². The van der Waals surface area contributed by atoms with Crippen molar-refractivity contribution in [1.82, 2.24) is 14.9 Å². The van der Waals surface area contributed by atoms with Gasteiger partial charge < -0.3 is 4.90 Å². The fourth-order valence-corrected chi connectivity index (χ4v) is 2.75. The van der Waals surface area contributed by atoms with E-state index in [0.717, 1.165) is 44.2 Å². The lowest BCUT2D eigenvalue weighted by Crippen LogP contribution is -2.46. The Bertz CT molecular complexity index is 642. The molecule has 0 amide bonds. The van der Waals surface area contributed by atoms with Crippen molar-refractivity contribution in [3.8, 4) is 6.07 Å². The van der Waals surface area contributed by atoms with Gasteiger partial charge in [-0.2, -0.15) is 5.26 Å². The molecule has 0 aliphatic carbocycles. The highest BCUT2D eigenvalue weighted by Crippen LogP contribution is 2.13. The van der Waals surface area contributed by atoms with E-state index >= 15 is 0 Å². The largest absolute Gasteiger partial charge is 0.338 e. The smallest absolute Gasteiger partial charge is 0.225 e. The maximum atomic E-state index is 8.79. The van der Waals surface area contributed by atoms with Crippen LogP contribution in [0.3, 0.4) is 0 Å². The first-order valence-electron chi connectivity index (χ1n) is 7.54. The number of piperazine rings is 1. The molecule has 0 spiro atoms. The fourth-order valence-electron chi connectivity index (χ4n) is 2.75. The van der Waals surface area contributed by atoms with Crippen LogP contribution in [-0.4, -0.2) is 41.0 Å². The van der Waals surface area contributed by atoms with Gasteiger partial charge in [0.25, 0.3) is 0 Å². The van der Waals surface area contributed by atoms with Gasteiger partial charge in [-0.15, -0.1) is 0 Å². The van der Waals surface area contributed by atoms with Crippen LogP contribution in [-0.2, 0) is 13.0 Å². The van der Waals surface area contributed by atoms with Crippen molar-refractivity contribution < 1.29 is 0 Å². The highest BCUT2D eigenvalue weighted by Gasteiger charge is 2.18. The van der Waals surface area contributed by atoms with Crippen LogP contribution < -0.4 is 4.90 Å². The van der Waals surface area contributed by atoms with E-state index in [1.165, 1.54) is 5.56 Å². The van der Waals surface area contributed by atoms with Crippen molar-refractivity contribution in [2.75, 3.05) is 31.1 Å². The minimum atomic E-state index is 0.479. The number of aromatic nitrogens is 2. The van der Waals surface area contributed by atoms with Crippen LogP contribution in [0.2, 0.25) is 0 Å². The van der Waals surface area contributed by atoms with Gasteiger partial charge in [-0.25, -0.2) is 9.97 Å². The third-order valence-corrected chi connectivity index (χ3v) is 3.89. The summed E-state index contributed by atoms with van der Waals surface area (Å²) >= 11 is 0. The Morgan fingerprint density at radius 2 is 1.73 bits per heavy atom. The number of benzene rings is 1. The highest BCUT2D eigenvalue weighted by molar-refractivity contribution is 5.29. The second-order valence-corrected chi connectivity index (χ2v) is 5.47. The van der Waals surface area contributed by atoms with Gasteiger partial charge in [-0.05, 0) is 17.2 Å². The maximum absolute atomic E-state index is 8.79. The van der Waals surface area contributed by atoms with E-state index in [1.54, 1.807) is 12.4 Å². The first-order valence-corrected chi connectivity index (χ1v) is 7.54. The van der Waals surface area contributed by atoms with Crippen molar-refractivity contribution in [2.45, 2.75) is 13.0 Å². The molecule has 5 heteroatoms. The van der Waals surface area contributed by atoms with E-state index in [1.807, 2.05) is 18.2 Å². The number of rotatable bonds is 4. The van der Waals surface area contributed by atoms with Crippen LogP contribution in [0, 0.1) is 11.3 Å². The third-order valence-electron chi connectivity index (χ3n) is 3.89. The predicted octanol–water partition coefficient (Wildman–Crippen LogP) is 1.86. The summed E-state index contributed by atoms with van der Waals surface area (Å²) in [7, 11) is 0. The molecule has 5 nitrogen and oxygen atoms in total. The van der Waals surface area contributed by atoms with Gasteiger partial charge >= 0.3 is 0 Å². The molecule has 2 aromatic rings. The molecule has 0 unspecified atom stereocenters. The normalized spacial score (nSPS) is 15.5. The summed E-state index contributed by atoms with van der Waals surface area (Å²) in [4.78, 5) is 13.3. The molecule has 1 aliphatic heterocycles. The van der Waals surface area contributed by atoms with Crippen molar-refractivity contribution in [1.29, 1.82) is 5.26 Å². The quantitative estimate of drug-likeness (QED) is 0.861. The SMILES string of the molecule is N#CCc1cccc(CN2CCN(c3ncccn3)CC2)c1. The second-order valence-electron chi connectivity index (χ2n) is 5.47. The maximum Gasteiger partial charge on any atom is 0.225 e. The number of nitrogens with zero attached hydrogens (tertiary/aromatic N) is 5. The van der Waals surface area contributed by atoms with Gasteiger partial charge in [0.05, 0.1) is 12.5 Å². The molecule has 112 valence electrons. The number of nitriles is 1. The predicted molar refractivity (Wildman–Crippen MR) is 85.3 cm³/mol. The molecule has 1 fully saturated rings. The Morgan fingerprint density at radius 1 is 1.00 bits per heavy atom. The van der Waals surface area contributed by atoms with Crippen LogP contribution >= 0.6 is 0 Å². The van der Waals surface area contributed by atoms with Gasteiger partial charge in [0.2, 0.25) is 5.95 Å². The van der Waals surface area contributed by atoms with Crippen LogP contribution in [0.25, 0.3) is 0 Å². The molecule has 22 heavy (non-hydrogen) atoms. The first-order chi connectivity index (χ1) is 10.8. The molecule has 1 aromatic heterocycles. The third kappa shape index (κ3) is 3.60. The van der Waals surface area contributed by atoms with Crippen LogP contribution in [0.15, 0.2) is 42.7 Å². The number of hydrogen-bond donors (Lipinski definition) is 0. The molecule has 1 aromatic carbocycles. The highest BCUT2D eigenvalue weighted by atomic mass is 15.3. The lowest BCUT2D eigenvalue weighted by atomic mass is 10.1. The van der Waals surface area contributed by atoms with E-state index in [4.69, 9.17) is 5.26 Å². The lowest BCUT2D eigenvalue weighted by Gasteiger charge is -2.34. The van der Waals surface area contributed by atoms with Crippen molar-refractivity contribution >= 4 is 5.95 Å². The number of anilines is 1. The van der Waals surface area contributed by atoms with Gasteiger partial charge in [-0.3, -0.25) is 4.90 Å². The number of hydrogen-bond acceptors (Lipinski definition) is 5. The van der Waals surface area contributed by atoms with Gasteiger partial charge in [0.15, 0.2) is 0 Å². The van der Waals surface area contributed by atoms with Crippen LogP contribution in [0.4, 0.5) is 5.95 Å². The Kier molecular flexibility index (Phi) is 4.62. The first kappa shape index (κ1) is 14.5. The summed E-state index contributed by atoms with van der Waals surface area (Å²) in [6.45, 7) is 4.83. The molecule has 0 radical (unpaired) electrons. The van der Waals surface area contributed by atoms with Gasteiger partial charge in [0.1, 0.15) is 0 Å². The summed E-state index contributed by atoms with van der Waals surface area (Å²) in [5, 5.41) is 8.79. The van der Waals surface area contributed by atoms with Gasteiger partial charge in [-0.1, -0.05) is 24.3 Å². The zero-order chi connectivity index (χ0) is 15.2. The molecule has 1 aliphatic rings. The Balaban J connectivity index is 1.56. The summed E-state index contributed by atoms with van der Waals surface area (Å²) in [6, 6.07) is 12.4. The van der Waals surface area contributed by atoms with E-state index in [2.05, 4.69) is 38.0 Å². The van der Waals surface area contributed by atoms with Crippen LogP contribution in [0.1, 0.15) is 11.1 Å². The average molecular weight is 293 g/mol. The molecule has 2 heterocycles. The molecule has 3 rings (SSSR count). The van der Waals surface area contributed by atoms with Crippen molar-refractivity contribution in [2.24, 2.45) is 0 Å². The average Bonchev–Trinajstić information content (AvgIpc) is 2.57. The van der Waals surface area contributed by atoms with E-state index < -0.39 is 0 Å². The standard InChI is InChI=1S/C17H19N5/c18-6-5-15-3-1-4-16(13-15)14-21-9-11-22(12-10-21)17-19-7-2-8-20-17/h1-4,7-8,13H,5,9-12,14H2. The Morgan fingerprint density at radius 3 is 2.45 bits per heavy atom. The fraction of sp³-hybridized carbons (Fsp3) is 0.353. The second kappa shape index (κ2) is 7.01. The van der Waals surface area contributed by atoms with Crippen LogP contribution in [0.5, 0.6) is 0 Å². The zero-order valence-corrected chi connectivity index (χ0v) is 12.5. The molecular formula is C17H19N5. The van der Waals surface area contributed by atoms with E-state index in [-0.39, 0.29) is 0 Å². The molecular weight excluding hydrogens is 274 g/mol. The Hall–Kier alpha value is -2.45. The van der Waals surface area contributed by atoms with Gasteiger partial charge in [0, 0.05) is 45.1 Å².